The quantitative estimate of drug-likeness (QED) is 0.510. The van der Waals surface area contributed by atoms with E-state index >= 15 is 0 Å². The van der Waals surface area contributed by atoms with Crippen molar-refractivity contribution >= 4 is 23.0 Å². The molecule has 110 valence electrons. The van der Waals surface area contributed by atoms with Gasteiger partial charge in [-0.15, -0.1) is 0 Å². The van der Waals surface area contributed by atoms with Crippen LogP contribution in [0.5, 0.6) is 0 Å². The number of hydrazone groups is 1. The number of rotatable bonds is 4. The Balaban J connectivity index is 1.65. The molecule has 1 atom stereocenters. The highest BCUT2D eigenvalue weighted by atomic mass is 16.3. The topological polar surface area (TPSA) is 77.5 Å². The highest BCUT2D eigenvalue weighted by Crippen LogP contribution is 2.13. The largest absolute Gasteiger partial charge is 0.378 e. The Labute approximate surface area is 127 Å². The van der Waals surface area contributed by atoms with Gasteiger partial charge in [0.05, 0.1) is 11.9 Å². The Morgan fingerprint density at radius 1 is 1.14 bits per heavy atom. The van der Waals surface area contributed by atoms with E-state index in [0.717, 1.165) is 16.6 Å². The molecule has 0 aliphatic rings. The molecular weight excluding hydrogens is 278 g/mol. The maximum atomic E-state index is 11.8. The number of hydrogen-bond acceptors (Lipinski definition) is 3. The number of aliphatic hydroxyl groups is 1. The fourth-order valence-corrected chi connectivity index (χ4v) is 2.18. The van der Waals surface area contributed by atoms with Crippen molar-refractivity contribution in [2.75, 3.05) is 0 Å². The number of fused-ring (bicyclic) bond motifs is 1. The minimum absolute atomic E-state index is 0.529. The molecule has 0 aliphatic carbocycles. The molecule has 0 spiro atoms. The zero-order valence-corrected chi connectivity index (χ0v) is 11.7. The maximum absolute atomic E-state index is 11.8. The second-order valence-corrected chi connectivity index (χ2v) is 4.86. The van der Waals surface area contributed by atoms with Crippen molar-refractivity contribution in [1.29, 1.82) is 0 Å². The lowest BCUT2D eigenvalue weighted by Crippen LogP contribution is -2.25. The van der Waals surface area contributed by atoms with Crippen LogP contribution < -0.4 is 5.43 Å². The number of aliphatic hydroxyl groups excluding tert-OH is 1. The molecule has 0 fully saturated rings. The summed E-state index contributed by atoms with van der Waals surface area (Å²) in [5.41, 5.74) is 4.64. The standard InChI is InChI=1S/C17H15N3O2/c21-16(12-6-2-1-3-7-12)17(22)20-18-11-14-10-13-8-4-5-9-15(13)19-14/h1-11,16,19,21H,(H,20,22)/b18-11-/t16-/m0/s1. The molecule has 3 N–H and O–H groups in total. The van der Waals surface area contributed by atoms with E-state index in [0.29, 0.717) is 5.56 Å². The van der Waals surface area contributed by atoms with E-state index in [1.807, 2.05) is 36.4 Å². The third-order valence-electron chi connectivity index (χ3n) is 3.29. The van der Waals surface area contributed by atoms with Gasteiger partial charge in [-0.3, -0.25) is 4.79 Å². The molecule has 1 amide bonds. The van der Waals surface area contributed by atoms with Gasteiger partial charge in [0, 0.05) is 10.9 Å². The summed E-state index contributed by atoms with van der Waals surface area (Å²) in [5, 5.41) is 14.8. The number of carbonyl (C=O) groups is 1. The average molecular weight is 293 g/mol. The molecule has 2 aromatic carbocycles. The summed E-state index contributed by atoms with van der Waals surface area (Å²) in [6.07, 6.45) is 0.274. The van der Waals surface area contributed by atoms with Crippen LogP contribution in [0.15, 0.2) is 65.8 Å². The number of H-pyrrole nitrogens is 1. The van der Waals surface area contributed by atoms with Crippen molar-refractivity contribution in [3.63, 3.8) is 0 Å². The Kier molecular flexibility index (Phi) is 3.98. The molecule has 0 saturated heterocycles. The van der Waals surface area contributed by atoms with Gasteiger partial charge in [0.15, 0.2) is 6.10 Å². The molecule has 5 nitrogen and oxygen atoms in total. The van der Waals surface area contributed by atoms with Crippen LogP contribution in [0.1, 0.15) is 17.4 Å². The molecule has 0 radical (unpaired) electrons. The van der Waals surface area contributed by atoms with E-state index in [1.165, 1.54) is 6.21 Å². The average Bonchev–Trinajstić information content (AvgIpc) is 2.97. The molecule has 0 bridgehead atoms. The molecule has 1 heterocycles. The summed E-state index contributed by atoms with van der Waals surface area (Å²) in [7, 11) is 0. The van der Waals surface area contributed by atoms with Gasteiger partial charge in [-0.05, 0) is 17.7 Å². The van der Waals surface area contributed by atoms with Crippen molar-refractivity contribution in [3.8, 4) is 0 Å². The fraction of sp³-hybridized carbons (Fsp3) is 0.0588. The molecule has 3 aromatic rings. The predicted molar refractivity (Wildman–Crippen MR) is 85.4 cm³/mol. The number of benzene rings is 2. The minimum Gasteiger partial charge on any atom is -0.378 e. The fourth-order valence-electron chi connectivity index (χ4n) is 2.18. The maximum Gasteiger partial charge on any atom is 0.273 e. The molecular formula is C17H15N3O2. The number of amides is 1. The van der Waals surface area contributed by atoms with E-state index in [1.54, 1.807) is 24.3 Å². The van der Waals surface area contributed by atoms with Crippen LogP contribution in [0.3, 0.4) is 0 Å². The SMILES string of the molecule is O=C(N/N=C\c1cc2ccccc2[nH]1)[C@@H](O)c1ccccc1. The molecule has 0 saturated carbocycles. The van der Waals surface area contributed by atoms with Gasteiger partial charge in [0.1, 0.15) is 0 Å². The molecule has 22 heavy (non-hydrogen) atoms. The Morgan fingerprint density at radius 3 is 2.64 bits per heavy atom. The Hall–Kier alpha value is -2.92. The second kappa shape index (κ2) is 6.24. The van der Waals surface area contributed by atoms with Gasteiger partial charge in [-0.1, -0.05) is 48.5 Å². The molecule has 0 unspecified atom stereocenters. The van der Waals surface area contributed by atoms with Gasteiger partial charge in [0.25, 0.3) is 5.91 Å². The van der Waals surface area contributed by atoms with Crippen molar-refractivity contribution in [2.24, 2.45) is 5.10 Å². The predicted octanol–water partition coefficient (Wildman–Crippen LogP) is 2.35. The molecule has 3 rings (SSSR count). The van der Waals surface area contributed by atoms with Crippen molar-refractivity contribution in [3.05, 3.63) is 71.9 Å². The molecule has 0 aliphatic heterocycles. The highest BCUT2D eigenvalue weighted by Gasteiger charge is 2.15. The number of nitrogens with one attached hydrogen (secondary N) is 2. The Bertz CT molecular complexity index is 776. The van der Waals surface area contributed by atoms with Crippen LogP contribution in [0.4, 0.5) is 0 Å². The van der Waals surface area contributed by atoms with Crippen molar-refractivity contribution in [2.45, 2.75) is 6.10 Å². The van der Waals surface area contributed by atoms with E-state index in [2.05, 4.69) is 15.5 Å². The first-order chi connectivity index (χ1) is 10.7. The normalized spacial score (nSPS) is 12.6. The summed E-state index contributed by atoms with van der Waals surface area (Å²) in [6, 6.07) is 18.5. The minimum atomic E-state index is -1.24. The summed E-state index contributed by atoms with van der Waals surface area (Å²) < 4.78 is 0. The summed E-state index contributed by atoms with van der Waals surface area (Å²) in [6.45, 7) is 0. The highest BCUT2D eigenvalue weighted by molar-refractivity contribution is 5.90. The van der Waals surface area contributed by atoms with Gasteiger partial charge >= 0.3 is 0 Å². The van der Waals surface area contributed by atoms with E-state index in [4.69, 9.17) is 0 Å². The van der Waals surface area contributed by atoms with Crippen LogP contribution in [0, 0.1) is 0 Å². The van der Waals surface area contributed by atoms with Crippen LogP contribution in [0.25, 0.3) is 10.9 Å². The second-order valence-electron chi connectivity index (χ2n) is 4.86. The molecule has 1 aromatic heterocycles. The van der Waals surface area contributed by atoms with Crippen LogP contribution in [-0.4, -0.2) is 22.2 Å². The van der Waals surface area contributed by atoms with Gasteiger partial charge in [-0.25, -0.2) is 5.43 Å². The zero-order chi connectivity index (χ0) is 15.4. The summed E-state index contributed by atoms with van der Waals surface area (Å²) >= 11 is 0. The lowest BCUT2D eigenvalue weighted by atomic mass is 10.1. The summed E-state index contributed by atoms with van der Waals surface area (Å²) in [5.74, 6) is -0.571. The lowest BCUT2D eigenvalue weighted by Gasteiger charge is -2.08. The van der Waals surface area contributed by atoms with Gasteiger partial charge in [-0.2, -0.15) is 5.10 Å². The number of para-hydroxylation sites is 1. The third-order valence-corrected chi connectivity index (χ3v) is 3.29. The van der Waals surface area contributed by atoms with Crippen molar-refractivity contribution in [1.82, 2.24) is 10.4 Å². The van der Waals surface area contributed by atoms with Gasteiger partial charge in [0.2, 0.25) is 0 Å². The number of aromatic amines is 1. The van der Waals surface area contributed by atoms with Gasteiger partial charge < -0.3 is 10.1 Å². The van der Waals surface area contributed by atoms with E-state index < -0.39 is 12.0 Å². The first-order valence-electron chi connectivity index (χ1n) is 6.88. The number of carbonyl (C=O) groups excluding carboxylic acids is 1. The number of hydrogen-bond donors (Lipinski definition) is 3. The van der Waals surface area contributed by atoms with E-state index in [-0.39, 0.29) is 0 Å². The zero-order valence-electron chi connectivity index (χ0n) is 11.7. The first-order valence-corrected chi connectivity index (χ1v) is 6.88. The Morgan fingerprint density at radius 2 is 1.86 bits per heavy atom. The number of aromatic nitrogens is 1. The monoisotopic (exact) mass is 293 g/mol. The van der Waals surface area contributed by atoms with Crippen molar-refractivity contribution < 1.29 is 9.90 Å². The summed E-state index contributed by atoms with van der Waals surface area (Å²) in [4.78, 5) is 15.0. The molecule has 5 heteroatoms. The number of nitrogens with zero attached hydrogens (tertiary/aromatic N) is 1. The van der Waals surface area contributed by atoms with Crippen LogP contribution in [-0.2, 0) is 4.79 Å². The van der Waals surface area contributed by atoms with E-state index in [9.17, 15) is 9.90 Å². The first kappa shape index (κ1) is 14.0. The third kappa shape index (κ3) is 3.05. The lowest BCUT2D eigenvalue weighted by molar-refractivity contribution is -0.129. The van der Waals surface area contributed by atoms with Crippen LogP contribution in [0.2, 0.25) is 0 Å². The smallest absolute Gasteiger partial charge is 0.273 e. The van der Waals surface area contributed by atoms with Crippen LogP contribution >= 0.6 is 0 Å².